The first kappa shape index (κ1) is 20.4. The third kappa shape index (κ3) is 3.68. The van der Waals surface area contributed by atoms with Crippen molar-refractivity contribution < 1.29 is 44.5 Å². The number of ether oxygens (including phenoxy) is 3. The van der Waals surface area contributed by atoms with Gasteiger partial charge in [-0.2, -0.15) is 0 Å². The van der Waals surface area contributed by atoms with Crippen molar-refractivity contribution in [2.24, 2.45) is 0 Å². The summed E-state index contributed by atoms with van der Waals surface area (Å²) in [6.45, 7) is 1.56. The molecule has 30 heavy (non-hydrogen) atoms. The molecule has 9 nitrogen and oxygen atoms in total. The van der Waals surface area contributed by atoms with Crippen LogP contribution in [0.15, 0.2) is 36.4 Å². The van der Waals surface area contributed by atoms with E-state index < -0.39 is 36.8 Å². The lowest BCUT2D eigenvalue weighted by molar-refractivity contribution is -0.268. The van der Waals surface area contributed by atoms with E-state index in [9.17, 15) is 30.3 Å². The molecule has 9 heteroatoms. The summed E-state index contributed by atoms with van der Waals surface area (Å²) in [5.74, 6) is -0.397. The van der Waals surface area contributed by atoms with Crippen LogP contribution >= 0.6 is 0 Å². The topological polar surface area (TPSA) is 146 Å². The van der Waals surface area contributed by atoms with Crippen LogP contribution in [0.4, 0.5) is 0 Å². The summed E-state index contributed by atoms with van der Waals surface area (Å²) in [6, 6.07) is 8.90. The van der Waals surface area contributed by atoms with Crippen molar-refractivity contribution in [2.45, 2.75) is 50.2 Å². The highest BCUT2D eigenvalue weighted by Crippen LogP contribution is 2.41. The molecule has 2 heterocycles. The minimum absolute atomic E-state index is 0.0115. The second-order valence-corrected chi connectivity index (χ2v) is 7.44. The van der Waals surface area contributed by atoms with Gasteiger partial charge in [-0.05, 0) is 24.6 Å². The molecule has 5 N–H and O–H groups in total. The van der Waals surface area contributed by atoms with Crippen molar-refractivity contribution >= 4 is 5.78 Å². The minimum Gasteiger partial charge on any atom is -0.508 e. The molecule has 6 atom stereocenters. The van der Waals surface area contributed by atoms with Gasteiger partial charge in [0.1, 0.15) is 53.0 Å². The zero-order valence-corrected chi connectivity index (χ0v) is 16.0. The SMILES string of the molecule is C[C@@H]1O[C@@H](Oc2ccc([C@@H]3CC(=O)c4c(O)cc(O)cc4O3)cc2)[C@@H](O)[C@H](O)[C@H]1O. The molecule has 160 valence electrons. The zero-order chi connectivity index (χ0) is 21.6. The van der Waals surface area contributed by atoms with Crippen LogP contribution in [0.1, 0.15) is 35.4 Å². The summed E-state index contributed by atoms with van der Waals surface area (Å²) in [5, 5.41) is 49.2. The molecule has 0 saturated carbocycles. The standard InChI is InChI=1S/C21H22O9/c1-9-18(25)19(26)20(27)21(28-9)29-12-4-2-10(3-5-12)15-8-14(24)17-13(23)6-11(22)7-16(17)30-15/h2-7,9,15,18-23,25-27H,8H2,1H3/t9-,15-,18-,19+,20-,21-/m0/s1. The predicted molar refractivity (Wildman–Crippen MR) is 102 cm³/mol. The van der Waals surface area contributed by atoms with E-state index in [4.69, 9.17) is 14.2 Å². The first-order valence-electron chi connectivity index (χ1n) is 9.46. The average Bonchev–Trinajstić information content (AvgIpc) is 2.70. The van der Waals surface area contributed by atoms with Crippen LogP contribution in [0.25, 0.3) is 0 Å². The predicted octanol–water partition coefficient (Wildman–Crippen LogP) is 1.01. The van der Waals surface area contributed by atoms with Gasteiger partial charge in [0, 0.05) is 12.1 Å². The number of carbonyl (C=O) groups excluding carboxylic acids is 1. The lowest BCUT2D eigenvalue weighted by atomic mass is 9.95. The molecule has 0 unspecified atom stereocenters. The Morgan fingerprint density at radius 2 is 1.70 bits per heavy atom. The maximum absolute atomic E-state index is 12.4. The maximum Gasteiger partial charge on any atom is 0.229 e. The molecule has 0 bridgehead atoms. The van der Waals surface area contributed by atoms with Crippen LogP contribution in [0.3, 0.4) is 0 Å². The quantitative estimate of drug-likeness (QED) is 0.493. The molecule has 1 fully saturated rings. The maximum atomic E-state index is 12.4. The normalized spacial score (nSPS) is 31.0. The van der Waals surface area contributed by atoms with Crippen molar-refractivity contribution in [3.8, 4) is 23.0 Å². The highest BCUT2D eigenvalue weighted by Gasteiger charge is 2.43. The Kier molecular flexibility index (Phi) is 5.29. The van der Waals surface area contributed by atoms with Gasteiger partial charge >= 0.3 is 0 Å². The Morgan fingerprint density at radius 3 is 2.40 bits per heavy atom. The summed E-state index contributed by atoms with van der Waals surface area (Å²) in [4.78, 5) is 12.4. The first-order valence-corrected chi connectivity index (χ1v) is 9.46. The smallest absolute Gasteiger partial charge is 0.229 e. The van der Waals surface area contributed by atoms with Gasteiger partial charge in [-0.25, -0.2) is 0 Å². The number of aliphatic hydroxyl groups excluding tert-OH is 3. The number of ketones is 1. The number of aromatic hydroxyl groups is 2. The molecule has 2 aromatic rings. The number of benzene rings is 2. The van der Waals surface area contributed by atoms with Gasteiger partial charge in [-0.15, -0.1) is 0 Å². The Morgan fingerprint density at radius 1 is 1.00 bits per heavy atom. The van der Waals surface area contributed by atoms with Crippen LogP contribution in [0.5, 0.6) is 23.0 Å². The molecule has 0 aliphatic carbocycles. The highest BCUT2D eigenvalue weighted by molar-refractivity contribution is 6.02. The van der Waals surface area contributed by atoms with Crippen LogP contribution in [-0.4, -0.2) is 62.0 Å². The van der Waals surface area contributed by atoms with Gasteiger partial charge in [0.2, 0.25) is 6.29 Å². The van der Waals surface area contributed by atoms with Gasteiger partial charge in [-0.1, -0.05) is 12.1 Å². The fourth-order valence-electron chi connectivity index (χ4n) is 3.62. The van der Waals surface area contributed by atoms with E-state index in [1.807, 2.05) is 0 Å². The van der Waals surface area contributed by atoms with E-state index in [0.717, 1.165) is 6.07 Å². The monoisotopic (exact) mass is 418 g/mol. The molecule has 0 radical (unpaired) electrons. The number of aliphatic hydroxyl groups is 3. The zero-order valence-electron chi connectivity index (χ0n) is 16.0. The van der Waals surface area contributed by atoms with E-state index in [0.29, 0.717) is 11.3 Å². The minimum atomic E-state index is -1.42. The second-order valence-electron chi connectivity index (χ2n) is 7.44. The molecule has 0 aromatic heterocycles. The number of rotatable bonds is 3. The van der Waals surface area contributed by atoms with E-state index in [1.54, 1.807) is 31.2 Å². The molecule has 1 saturated heterocycles. The summed E-state index contributed by atoms with van der Waals surface area (Å²) in [6.07, 6.45) is -6.52. The Labute approximate surface area is 171 Å². The van der Waals surface area contributed by atoms with Gasteiger partial charge in [0.15, 0.2) is 5.78 Å². The first-order chi connectivity index (χ1) is 14.2. The molecule has 0 amide bonds. The summed E-state index contributed by atoms with van der Waals surface area (Å²) < 4.78 is 16.8. The molecule has 2 aliphatic heterocycles. The number of phenolic OH excluding ortho intramolecular Hbond substituents is 2. The van der Waals surface area contributed by atoms with Crippen LogP contribution < -0.4 is 9.47 Å². The van der Waals surface area contributed by atoms with E-state index in [1.165, 1.54) is 6.07 Å². The molecule has 2 aliphatic rings. The molecule has 2 aromatic carbocycles. The number of phenols is 2. The lowest BCUT2D eigenvalue weighted by Gasteiger charge is -2.38. The molecule has 4 rings (SSSR count). The van der Waals surface area contributed by atoms with Gasteiger partial charge in [-0.3, -0.25) is 4.79 Å². The number of hydrogen-bond donors (Lipinski definition) is 5. The Hall–Kier alpha value is -2.85. The molecule has 0 spiro atoms. The molecular weight excluding hydrogens is 396 g/mol. The molecular formula is C21H22O9. The van der Waals surface area contributed by atoms with Crippen LogP contribution in [0.2, 0.25) is 0 Å². The van der Waals surface area contributed by atoms with E-state index in [2.05, 4.69) is 0 Å². The average molecular weight is 418 g/mol. The number of carbonyl (C=O) groups is 1. The third-order valence-electron chi connectivity index (χ3n) is 5.30. The third-order valence-corrected chi connectivity index (χ3v) is 5.30. The Balaban J connectivity index is 1.48. The fourth-order valence-corrected chi connectivity index (χ4v) is 3.62. The van der Waals surface area contributed by atoms with Crippen molar-refractivity contribution in [2.75, 3.05) is 0 Å². The summed E-state index contributed by atoms with van der Waals surface area (Å²) >= 11 is 0. The van der Waals surface area contributed by atoms with Crippen molar-refractivity contribution in [3.05, 3.63) is 47.5 Å². The largest absolute Gasteiger partial charge is 0.508 e. The van der Waals surface area contributed by atoms with E-state index >= 15 is 0 Å². The van der Waals surface area contributed by atoms with Crippen molar-refractivity contribution in [1.82, 2.24) is 0 Å². The summed E-state index contributed by atoms with van der Waals surface area (Å²) in [5.41, 5.74) is 0.709. The van der Waals surface area contributed by atoms with Crippen molar-refractivity contribution in [1.29, 1.82) is 0 Å². The van der Waals surface area contributed by atoms with Gasteiger partial charge in [0.25, 0.3) is 0 Å². The number of Topliss-reactive ketones (excluding diaryl/α,β-unsaturated/α-hetero) is 1. The van der Waals surface area contributed by atoms with E-state index in [-0.39, 0.29) is 35.0 Å². The van der Waals surface area contributed by atoms with Crippen LogP contribution in [0, 0.1) is 0 Å². The van der Waals surface area contributed by atoms with Gasteiger partial charge in [0.05, 0.1) is 12.5 Å². The second kappa shape index (κ2) is 7.77. The van der Waals surface area contributed by atoms with Crippen LogP contribution in [-0.2, 0) is 4.74 Å². The fraction of sp³-hybridized carbons (Fsp3) is 0.381. The Bertz CT molecular complexity index is 942. The highest BCUT2D eigenvalue weighted by atomic mass is 16.7. The van der Waals surface area contributed by atoms with Crippen molar-refractivity contribution in [3.63, 3.8) is 0 Å². The van der Waals surface area contributed by atoms with Gasteiger partial charge < -0.3 is 39.7 Å². The number of fused-ring (bicyclic) bond motifs is 1. The number of hydrogen-bond acceptors (Lipinski definition) is 9. The summed E-state index contributed by atoms with van der Waals surface area (Å²) in [7, 11) is 0. The lowest BCUT2D eigenvalue weighted by Crippen LogP contribution is -2.58.